The molecule has 4 nitrogen and oxygen atoms in total. The van der Waals surface area contributed by atoms with Gasteiger partial charge in [-0.05, 0) is 18.6 Å². The number of nitrogens with zero attached hydrogens (tertiary/aromatic N) is 2. The SMILES string of the molecule is CCCNc1nnc(SCC(=O)c2ccc(Br)cc2)s1. The summed E-state index contributed by atoms with van der Waals surface area (Å²) in [6.07, 6.45) is 1.05. The molecule has 1 heterocycles. The zero-order valence-electron chi connectivity index (χ0n) is 10.9. The van der Waals surface area contributed by atoms with Gasteiger partial charge in [-0.25, -0.2) is 0 Å². The van der Waals surface area contributed by atoms with Crippen LogP contribution >= 0.6 is 39.0 Å². The average Bonchev–Trinajstić information content (AvgIpc) is 2.91. The van der Waals surface area contributed by atoms with Crippen LogP contribution in [-0.4, -0.2) is 28.3 Å². The summed E-state index contributed by atoms with van der Waals surface area (Å²) in [6.45, 7) is 2.98. The second-order valence-corrected chi connectivity index (χ2v) is 7.13. The number of halogens is 1. The summed E-state index contributed by atoms with van der Waals surface area (Å²) in [7, 11) is 0. The van der Waals surface area contributed by atoms with Crippen LogP contribution in [0.1, 0.15) is 23.7 Å². The molecule has 20 heavy (non-hydrogen) atoms. The fraction of sp³-hybridized carbons (Fsp3) is 0.308. The molecular weight excluding hydrogens is 358 g/mol. The molecule has 1 aromatic heterocycles. The molecule has 0 bridgehead atoms. The van der Waals surface area contributed by atoms with Crippen LogP contribution in [0.3, 0.4) is 0 Å². The van der Waals surface area contributed by atoms with Crippen LogP contribution in [0.5, 0.6) is 0 Å². The Bertz CT molecular complexity index is 571. The Balaban J connectivity index is 1.86. The summed E-state index contributed by atoms with van der Waals surface area (Å²) in [4.78, 5) is 12.0. The van der Waals surface area contributed by atoms with E-state index >= 15 is 0 Å². The van der Waals surface area contributed by atoms with E-state index in [9.17, 15) is 4.79 Å². The van der Waals surface area contributed by atoms with Gasteiger partial charge >= 0.3 is 0 Å². The van der Waals surface area contributed by atoms with E-state index in [4.69, 9.17) is 0 Å². The van der Waals surface area contributed by atoms with Gasteiger partial charge < -0.3 is 5.32 Å². The highest BCUT2D eigenvalue weighted by Gasteiger charge is 2.09. The molecular formula is C13H14BrN3OS2. The highest BCUT2D eigenvalue weighted by Crippen LogP contribution is 2.26. The Labute approximate surface area is 134 Å². The van der Waals surface area contributed by atoms with Crippen LogP contribution in [0.15, 0.2) is 33.1 Å². The van der Waals surface area contributed by atoms with Crippen LogP contribution < -0.4 is 5.32 Å². The number of hydrogen-bond acceptors (Lipinski definition) is 6. The fourth-order valence-electron chi connectivity index (χ4n) is 1.42. The van der Waals surface area contributed by atoms with Gasteiger partial charge in [0.1, 0.15) is 0 Å². The third-order valence-corrected chi connectivity index (χ3v) is 4.97. The normalized spacial score (nSPS) is 10.5. The van der Waals surface area contributed by atoms with E-state index < -0.39 is 0 Å². The molecule has 1 aromatic carbocycles. The van der Waals surface area contributed by atoms with E-state index in [1.165, 1.54) is 23.1 Å². The van der Waals surface area contributed by atoms with E-state index in [2.05, 4.69) is 38.4 Å². The molecule has 1 N–H and O–H groups in total. The van der Waals surface area contributed by atoms with Gasteiger partial charge in [-0.1, -0.05) is 58.1 Å². The smallest absolute Gasteiger partial charge is 0.206 e. The monoisotopic (exact) mass is 371 g/mol. The predicted octanol–water partition coefficient (Wildman–Crippen LogP) is 4.10. The molecule has 0 aliphatic rings. The maximum Gasteiger partial charge on any atom is 0.206 e. The number of benzene rings is 1. The fourth-order valence-corrected chi connectivity index (χ4v) is 3.35. The zero-order chi connectivity index (χ0) is 14.4. The van der Waals surface area contributed by atoms with Gasteiger partial charge in [-0.3, -0.25) is 4.79 Å². The second kappa shape index (κ2) is 7.75. The van der Waals surface area contributed by atoms with E-state index in [0.29, 0.717) is 5.75 Å². The van der Waals surface area contributed by atoms with Crippen LogP contribution in [0.4, 0.5) is 5.13 Å². The number of Topliss-reactive ketones (excluding diaryl/α,β-unsaturated/α-hetero) is 1. The van der Waals surface area contributed by atoms with E-state index in [1.54, 1.807) is 0 Å². The summed E-state index contributed by atoms with van der Waals surface area (Å²) >= 11 is 6.26. The molecule has 0 fully saturated rings. The third kappa shape index (κ3) is 4.57. The minimum atomic E-state index is 0.0979. The Morgan fingerprint density at radius 3 is 2.80 bits per heavy atom. The van der Waals surface area contributed by atoms with Crippen molar-refractivity contribution < 1.29 is 4.79 Å². The van der Waals surface area contributed by atoms with Gasteiger partial charge in [0.15, 0.2) is 10.1 Å². The molecule has 0 radical (unpaired) electrons. The zero-order valence-corrected chi connectivity index (χ0v) is 14.1. The standard InChI is InChI=1S/C13H14BrN3OS2/c1-2-7-15-12-16-17-13(20-12)19-8-11(18)9-3-5-10(14)6-4-9/h3-6H,2,7-8H2,1H3,(H,15,16). The molecule has 0 saturated heterocycles. The van der Waals surface area contributed by atoms with Crippen molar-refractivity contribution in [3.8, 4) is 0 Å². The topological polar surface area (TPSA) is 54.9 Å². The van der Waals surface area contributed by atoms with Crippen molar-refractivity contribution in [1.29, 1.82) is 0 Å². The summed E-state index contributed by atoms with van der Waals surface area (Å²) in [5, 5.41) is 12.1. The van der Waals surface area contributed by atoms with Gasteiger partial charge in [-0.15, -0.1) is 10.2 Å². The maximum atomic E-state index is 12.0. The van der Waals surface area contributed by atoms with Crippen molar-refractivity contribution in [2.45, 2.75) is 17.7 Å². The van der Waals surface area contributed by atoms with Crippen LogP contribution in [-0.2, 0) is 0 Å². The summed E-state index contributed by atoms with van der Waals surface area (Å²) in [6, 6.07) is 7.38. The molecule has 0 unspecified atom stereocenters. The lowest BCUT2D eigenvalue weighted by atomic mass is 10.2. The first-order valence-corrected chi connectivity index (χ1v) is 8.77. The minimum absolute atomic E-state index is 0.0979. The lowest BCUT2D eigenvalue weighted by Crippen LogP contribution is -2.01. The molecule has 0 spiro atoms. The number of carbonyl (C=O) groups excluding carboxylic acids is 1. The van der Waals surface area contributed by atoms with Crippen LogP contribution in [0.25, 0.3) is 0 Å². The second-order valence-electron chi connectivity index (χ2n) is 4.02. The first-order valence-electron chi connectivity index (χ1n) is 6.18. The van der Waals surface area contributed by atoms with Crippen molar-refractivity contribution in [2.75, 3.05) is 17.6 Å². The third-order valence-electron chi connectivity index (χ3n) is 2.43. The number of hydrogen-bond donors (Lipinski definition) is 1. The molecule has 2 rings (SSSR count). The highest BCUT2D eigenvalue weighted by atomic mass is 79.9. The molecule has 0 amide bonds. The number of ketones is 1. The lowest BCUT2D eigenvalue weighted by Gasteiger charge is -1.99. The van der Waals surface area contributed by atoms with E-state index in [-0.39, 0.29) is 5.78 Å². The molecule has 0 saturated carbocycles. The molecule has 2 aromatic rings. The first-order chi connectivity index (χ1) is 9.69. The van der Waals surface area contributed by atoms with Crippen LogP contribution in [0.2, 0.25) is 0 Å². The number of nitrogens with one attached hydrogen (secondary N) is 1. The van der Waals surface area contributed by atoms with Gasteiger partial charge in [0, 0.05) is 16.6 Å². The average molecular weight is 372 g/mol. The number of rotatable bonds is 7. The molecule has 0 atom stereocenters. The highest BCUT2D eigenvalue weighted by molar-refractivity contribution is 9.10. The summed E-state index contributed by atoms with van der Waals surface area (Å²) in [5.74, 6) is 0.477. The largest absolute Gasteiger partial charge is 0.360 e. The van der Waals surface area contributed by atoms with E-state index in [1.807, 2.05) is 24.3 Å². The number of carbonyl (C=O) groups is 1. The number of anilines is 1. The van der Waals surface area contributed by atoms with Crippen molar-refractivity contribution in [3.05, 3.63) is 34.3 Å². The van der Waals surface area contributed by atoms with Gasteiger partial charge in [0.05, 0.1) is 5.75 Å². The van der Waals surface area contributed by atoms with E-state index in [0.717, 1.165) is 32.5 Å². The maximum absolute atomic E-state index is 12.0. The lowest BCUT2D eigenvalue weighted by molar-refractivity contribution is 0.102. The Morgan fingerprint density at radius 1 is 1.35 bits per heavy atom. The minimum Gasteiger partial charge on any atom is -0.360 e. The Kier molecular flexibility index (Phi) is 6.00. The molecule has 0 aliphatic carbocycles. The van der Waals surface area contributed by atoms with Gasteiger partial charge in [0.2, 0.25) is 5.13 Å². The Morgan fingerprint density at radius 2 is 2.10 bits per heavy atom. The summed E-state index contributed by atoms with van der Waals surface area (Å²) in [5.41, 5.74) is 0.717. The summed E-state index contributed by atoms with van der Waals surface area (Å²) < 4.78 is 1.78. The van der Waals surface area contributed by atoms with Gasteiger partial charge in [0.25, 0.3) is 0 Å². The first kappa shape index (κ1) is 15.5. The van der Waals surface area contributed by atoms with Crippen molar-refractivity contribution in [2.24, 2.45) is 0 Å². The predicted molar refractivity (Wildman–Crippen MR) is 87.9 cm³/mol. The molecule has 7 heteroatoms. The van der Waals surface area contributed by atoms with Gasteiger partial charge in [-0.2, -0.15) is 0 Å². The molecule has 106 valence electrons. The van der Waals surface area contributed by atoms with Crippen molar-refractivity contribution in [3.63, 3.8) is 0 Å². The quantitative estimate of drug-likeness (QED) is 0.586. The van der Waals surface area contributed by atoms with Crippen LogP contribution in [0, 0.1) is 0 Å². The molecule has 0 aliphatic heterocycles. The Hall–Kier alpha value is -0.920. The number of thioether (sulfide) groups is 1. The van der Waals surface area contributed by atoms with Crippen molar-refractivity contribution >= 4 is 49.9 Å². The van der Waals surface area contributed by atoms with Crippen molar-refractivity contribution in [1.82, 2.24) is 10.2 Å². The number of aromatic nitrogens is 2.